The largest absolute Gasteiger partial charge is 0.369 e. The first-order chi connectivity index (χ1) is 9.52. The number of primary amides is 1. The zero-order chi connectivity index (χ0) is 14.7. The summed E-state index contributed by atoms with van der Waals surface area (Å²) in [5.74, 6) is -1.96. The zero-order valence-corrected chi connectivity index (χ0v) is 11.5. The molecule has 1 aliphatic heterocycles. The van der Waals surface area contributed by atoms with Gasteiger partial charge in [0.2, 0.25) is 5.91 Å². The first-order valence-electron chi connectivity index (χ1n) is 6.69. The molecule has 1 unspecified atom stereocenters. The molecule has 1 fully saturated rings. The van der Waals surface area contributed by atoms with Crippen molar-refractivity contribution < 1.29 is 13.6 Å². The fourth-order valence-corrected chi connectivity index (χ4v) is 2.64. The van der Waals surface area contributed by atoms with Crippen LogP contribution in [-0.4, -0.2) is 26.0 Å². The van der Waals surface area contributed by atoms with Gasteiger partial charge in [-0.15, -0.1) is 0 Å². The van der Waals surface area contributed by atoms with Gasteiger partial charge in [-0.25, -0.2) is 8.78 Å². The Morgan fingerprint density at radius 1 is 1.45 bits per heavy atom. The molecule has 0 radical (unpaired) electrons. The molecule has 4 nitrogen and oxygen atoms in total. The van der Waals surface area contributed by atoms with Crippen LogP contribution in [0.15, 0.2) is 12.1 Å². The van der Waals surface area contributed by atoms with Gasteiger partial charge in [-0.1, -0.05) is 0 Å². The SMILES string of the molecule is CNCc1cc(F)c(N2CCCC(C(N)=O)C2)c(F)c1. The smallest absolute Gasteiger partial charge is 0.222 e. The van der Waals surface area contributed by atoms with E-state index >= 15 is 0 Å². The maximum atomic E-state index is 14.1. The molecule has 1 aliphatic rings. The number of hydrogen-bond acceptors (Lipinski definition) is 3. The third-order valence-electron chi connectivity index (χ3n) is 3.60. The van der Waals surface area contributed by atoms with E-state index < -0.39 is 17.5 Å². The molecule has 0 spiro atoms. The van der Waals surface area contributed by atoms with Crippen LogP contribution >= 0.6 is 0 Å². The molecule has 1 saturated heterocycles. The molecule has 1 amide bonds. The molecular weight excluding hydrogens is 264 g/mol. The van der Waals surface area contributed by atoms with Crippen LogP contribution in [0.1, 0.15) is 18.4 Å². The van der Waals surface area contributed by atoms with E-state index in [1.807, 2.05) is 0 Å². The number of nitrogens with one attached hydrogen (secondary N) is 1. The predicted molar refractivity (Wildman–Crippen MR) is 73.3 cm³/mol. The topological polar surface area (TPSA) is 58.4 Å². The van der Waals surface area contributed by atoms with Gasteiger partial charge in [0.1, 0.15) is 17.3 Å². The zero-order valence-electron chi connectivity index (χ0n) is 11.5. The number of nitrogens with two attached hydrogens (primary N) is 1. The number of nitrogens with zero attached hydrogens (tertiary/aromatic N) is 1. The van der Waals surface area contributed by atoms with Crippen LogP contribution in [0.5, 0.6) is 0 Å². The molecule has 0 aromatic heterocycles. The lowest BCUT2D eigenvalue weighted by molar-refractivity contribution is -0.122. The lowest BCUT2D eigenvalue weighted by Crippen LogP contribution is -2.42. The molecule has 20 heavy (non-hydrogen) atoms. The number of hydrogen-bond donors (Lipinski definition) is 2. The maximum Gasteiger partial charge on any atom is 0.222 e. The van der Waals surface area contributed by atoms with Gasteiger partial charge in [0.25, 0.3) is 0 Å². The Hall–Kier alpha value is -1.69. The number of amides is 1. The van der Waals surface area contributed by atoms with E-state index in [0.29, 0.717) is 31.5 Å². The van der Waals surface area contributed by atoms with E-state index in [-0.39, 0.29) is 18.2 Å². The Labute approximate surface area is 116 Å². The standard InChI is InChI=1S/C14H19F2N3O/c1-18-7-9-5-11(15)13(12(16)6-9)19-4-2-3-10(8-19)14(17)20/h5-6,10,18H,2-4,7-8H2,1H3,(H2,17,20). The Bertz CT molecular complexity index is 484. The molecule has 110 valence electrons. The summed E-state index contributed by atoms with van der Waals surface area (Å²) in [7, 11) is 1.71. The predicted octanol–water partition coefficient (Wildman–Crippen LogP) is 1.39. The van der Waals surface area contributed by atoms with E-state index in [2.05, 4.69) is 5.32 Å². The second-order valence-corrected chi connectivity index (χ2v) is 5.13. The molecule has 0 aliphatic carbocycles. The van der Waals surface area contributed by atoms with Gasteiger partial charge in [0.05, 0.1) is 5.92 Å². The van der Waals surface area contributed by atoms with Crippen molar-refractivity contribution in [2.75, 3.05) is 25.0 Å². The van der Waals surface area contributed by atoms with Crippen molar-refractivity contribution in [1.82, 2.24) is 5.32 Å². The molecule has 1 aromatic carbocycles. The molecule has 0 saturated carbocycles. The summed E-state index contributed by atoms with van der Waals surface area (Å²) in [4.78, 5) is 12.8. The van der Waals surface area contributed by atoms with Crippen molar-refractivity contribution in [2.45, 2.75) is 19.4 Å². The Morgan fingerprint density at radius 3 is 2.65 bits per heavy atom. The number of benzene rings is 1. The summed E-state index contributed by atoms with van der Waals surface area (Å²) in [5, 5.41) is 2.85. The first kappa shape index (κ1) is 14.7. The van der Waals surface area contributed by atoms with E-state index in [1.54, 1.807) is 11.9 Å². The molecule has 1 aromatic rings. The Kier molecular flexibility index (Phi) is 4.54. The normalized spacial score (nSPS) is 19.1. The second kappa shape index (κ2) is 6.17. The van der Waals surface area contributed by atoms with E-state index in [0.717, 1.165) is 0 Å². The number of piperidine rings is 1. The number of carbonyl (C=O) groups excluding carboxylic acids is 1. The third-order valence-corrected chi connectivity index (χ3v) is 3.60. The first-order valence-corrected chi connectivity index (χ1v) is 6.69. The highest BCUT2D eigenvalue weighted by Gasteiger charge is 2.27. The number of anilines is 1. The van der Waals surface area contributed by atoms with Crippen LogP contribution in [0.2, 0.25) is 0 Å². The Balaban J connectivity index is 2.25. The molecule has 6 heteroatoms. The second-order valence-electron chi connectivity index (χ2n) is 5.13. The van der Waals surface area contributed by atoms with Crippen LogP contribution in [0.4, 0.5) is 14.5 Å². The van der Waals surface area contributed by atoms with Crippen molar-refractivity contribution in [2.24, 2.45) is 11.7 Å². The highest BCUT2D eigenvalue weighted by atomic mass is 19.1. The summed E-state index contributed by atoms with van der Waals surface area (Å²) in [6, 6.07) is 2.64. The lowest BCUT2D eigenvalue weighted by atomic mass is 9.96. The van der Waals surface area contributed by atoms with Gasteiger partial charge < -0.3 is 16.0 Å². The van der Waals surface area contributed by atoms with Crippen LogP contribution in [-0.2, 0) is 11.3 Å². The minimum Gasteiger partial charge on any atom is -0.369 e. The summed E-state index contributed by atoms with van der Waals surface area (Å²) < 4.78 is 28.2. The molecule has 3 N–H and O–H groups in total. The monoisotopic (exact) mass is 283 g/mol. The molecule has 0 bridgehead atoms. The molecular formula is C14H19F2N3O. The van der Waals surface area contributed by atoms with Crippen molar-refractivity contribution in [1.29, 1.82) is 0 Å². The van der Waals surface area contributed by atoms with Gasteiger partial charge in [-0.05, 0) is 37.6 Å². The highest BCUT2D eigenvalue weighted by molar-refractivity contribution is 5.77. The molecule has 1 atom stereocenters. The summed E-state index contributed by atoms with van der Waals surface area (Å²) in [5.41, 5.74) is 5.78. The fourth-order valence-electron chi connectivity index (χ4n) is 2.64. The van der Waals surface area contributed by atoms with Crippen molar-refractivity contribution in [3.8, 4) is 0 Å². The van der Waals surface area contributed by atoms with Gasteiger partial charge in [-0.3, -0.25) is 4.79 Å². The maximum absolute atomic E-state index is 14.1. The van der Waals surface area contributed by atoms with E-state index in [9.17, 15) is 13.6 Å². The third kappa shape index (κ3) is 3.07. The highest BCUT2D eigenvalue weighted by Crippen LogP contribution is 2.29. The molecule has 1 heterocycles. The van der Waals surface area contributed by atoms with Gasteiger partial charge in [0.15, 0.2) is 0 Å². The van der Waals surface area contributed by atoms with E-state index in [1.165, 1.54) is 12.1 Å². The average Bonchev–Trinajstić information content (AvgIpc) is 2.38. The average molecular weight is 283 g/mol. The van der Waals surface area contributed by atoms with Crippen LogP contribution in [0, 0.1) is 17.6 Å². The summed E-state index contributed by atoms with van der Waals surface area (Å²) >= 11 is 0. The van der Waals surface area contributed by atoms with Crippen LogP contribution < -0.4 is 16.0 Å². The number of halogens is 2. The quantitative estimate of drug-likeness (QED) is 0.878. The summed E-state index contributed by atoms with van der Waals surface area (Å²) in [6.45, 7) is 1.20. The van der Waals surface area contributed by atoms with Crippen LogP contribution in [0.3, 0.4) is 0 Å². The number of carbonyl (C=O) groups is 1. The van der Waals surface area contributed by atoms with Gasteiger partial charge in [0, 0.05) is 19.6 Å². The number of rotatable bonds is 4. The summed E-state index contributed by atoms with van der Waals surface area (Å²) in [6.07, 6.45) is 1.37. The lowest BCUT2D eigenvalue weighted by Gasteiger charge is -2.33. The van der Waals surface area contributed by atoms with Gasteiger partial charge in [-0.2, -0.15) is 0 Å². The molecule has 2 rings (SSSR count). The van der Waals surface area contributed by atoms with Crippen molar-refractivity contribution in [3.05, 3.63) is 29.3 Å². The Morgan fingerprint density at radius 2 is 2.10 bits per heavy atom. The minimum atomic E-state index is -0.597. The van der Waals surface area contributed by atoms with E-state index in [4.69, 9.17) is 5.73 Å². The fraction of sp³-hybridized carbons (Fsp3) is 0.500. The van der Waals surface area contributed by atoms with Crippen molar-refractivity contribution >= 4 is 11.6 Å². The van der Waals surface area contributed by atoms with Crippen molar-refractivity contribution in [3.63, 3.8) is 0 Å². The van der Waals surface area contributed by atoms with Gasteiger partial charge >= 0.3 is 0 Å². The van der Waals surface area contributed by atoms with Crippen LogP contribution in [0.25, 0.3) is 0 Å². The minimum absolute atomic E-state index is 0.0594.